The number of hydrogen-bond acceptors (Lipinski definition) is 3. The van der Waals surface area contributed by atoms with Crippen LogP contribution in [-0.4, -0.2) is 50.3 Å². The molecular weight excluding hydrogens is 188 g/mol. The fourth-order valence-electron chi connectivity index (χ4n) is 2.84. The van der Waals surface area contributed by atoms with Crippen molar-refractivity contribution in [1.29, 1.82) is 0 Å². The minimum atomic E-state index is 0.698. The van der Waals surface area contributed by atoms with Gasteiger partial charge in [-0.2, -0.15) is 0 Å². The maximum absolute atomic E-state index is 5.48. The molecule has 0 aliphatic carbocycles. The van der Waals surface area contributed by atoms with Gasteiger partial charge < -0.3 is 10.1 Å². The lowest BCUT2D eigenvalue weighted by Gasteiger charge is -2.38. The number of piperidine rings is 1. The molecule has 3 heteroatoms. The van der Waals surface area contributed by atoms with Crippen LogP contribution in [0.1, 0.15) is 26.2 Å². The molecule has 3 nitrogen and oxygen atoms in total. The zero-order valence-corrected chi connectivity index (χ0v) is 10.0. The number of nitrogens with zero attached hydrogens (tertiary/aromatic N) is 1. The van der Waals surface area contributed by atoms with E-state index in [1.54, 1.807) is 0 Å². The summed E-state index contributed by atoms with van der Waals surface area (Å²) in [6.07, 6.45) is 3.92. The van der Waals surface area contributed by atoms with Crippen molar-refractivity contribution in [3.05, 3.63) is 0 Å². The average Bonchev–Trinajstić information content (AvgIpc) is 2.81. The van der Waals surface area contributed by atoms with Gasteiger partial charge in [0.2, 0.25) is 0 Å². The summed E-state index contributed by atoms with van der Waals surface area (Å²) in [5, 5.41) is 3.41. The van der Waals surface area contributed by atoms with Gasteiger partial charge in [-0.05, 0) is 45.7 Å². The Kier molecular flexibility index (Phi) is 4.00. The summed E-state index contributed by atoms with van der Waals surface area (Å²) in [5.41, 5.74) is 0. The van der Waals surface area contributed by atoms with Crippen molar-refractivity contribution in [2.45, 2.75) is 38.3 Å². The molecule has 0 aromatic rings. The maximum Gasteiger partial charge on any atom is 0.0509 e. The van der Waals surface area contributed by atoms with E-state index in [2.05, 4.69) is 24.2 Å². The zero-order chi connectivity index (χ0) is 10.7. The minimum Gasteiger partial charge on any atom is -0.381 e. The molecule has 0 radical (unpaired) electrons. The van der Waals surface area contributed by atoms with Crippen LogP contribution >= 0.6 is 0 Å². The molecule has 88 valence electrons. The summed E-state index contributed by atoms with van der Waals surface area (Å²) in [4.78, 5) is 2.64. The van der Waals surface area contributed by atoms with Gasteiger partial charge in [0.15, 0.2) is 0 Å². The zero-order valence-electron chi connectivity index (χ0n) is 10.0. The molecule has 2 rings (SSSR count). The first-order valence-corrected chi connectivity index (χ1v) is 6.30. The van der Waals surface area contributed by atoms with Crippen molar-refractivity contribution in [1.82, 2.24) is 10.2 Å². The highest BCUT2D eigenvalue weighted by molar-refractivity contribution is 4.84. The first kappa shape index (κ1) is 11.4. The van der Waals surface area contributed by atoms with Crippen molar-refractivity contribution in [3.63, 3.8) is 0 Å². The lowest BCUT2D eigenvalue weighted by Crippen LogP contribution is -2.50. The van der Waals surface area contributed by atoms with Gasteiger partial charge in [0.1, 0.15) is 0 Å². The number of ether oxygens (including phenoxy) is 1. The molecule has 2 fully saturated rings. The highest BCUT2D eigenvalue weighted by Crippen LogP contribution is 2.23. The molecule has 0 aromatic carbocycles. The van der Waals surface area contributed by atoms with E-state index >= 15 is 0 Å². The molecule has 15 heavy (non-hydrogen) atoms. The highest BCUT2D eigenvalue weighted by atomic mass is 16.5. The van der Waals surface area contributed by atoms with Gasteiger partial charge in [0, 0.05) is 25.2 Å². The van der Waals surface area contributed by atoms with Gasteiger partial charge in [-0.15, -0.1) is 0 Å². The Hall–Kier alpha value is -0.120. The summed E-state index contributed by atoms with van der Waals surface area (Å²) in [6, 6.07) is 1.40. The molecule has 0 saturated carbocycles. The van der Waals surface area contributed by atoms with Crippen LogP contribution < -0.4 is 5.32 Å². The molecule has 3 atom stereocenters. The van der Waals surface area contributed by atoms with Crippen LogP contribution in [0, 0.1) is 5.92 Å². The number of nitrogens with one attached hydrogen (secondary N) is 1. The fourth-order valence-corrected chi connectivity index (χ4v) is 2.84. The Morgan fingerprint density at radius 3 is 2.93 bits per heavy atom. The first-order chi connectivity index (χ1) is 7.31. The molecule has 1 N–H and O–H groups in total. The van der Waals surface area contributed by atoms with E-state index in [9.17, 15) is 0 Å². The molecule has 2 aliphatic rings. The Balaban J connectivity index is 1.85. The fraction of sp³-hybridized carbons (Fsp3) is 1.00. The SMILES string of the molecule is CNC1CCCN(C(C)C2CCOC2)C1. The van der Waals surface area contributed by atoms with Crippen LogP contribution in [-0.2, 0) is 4.74 Å². The van der Waals surface area contributed by atoms with Crippen molar-refractivity contribution in [2.75, 3.05) is 33.4 Å². The third-order valence-corrected chi connectivity index (χ3v) is 4.08. The minimum absolute atomic E-state index is 0.698. The Bertz CT molecular complexity index is 192. The summed E-state index contributed by atoms with van der Waals surface area (Å²) >= 11 is 0. The average molecular weight is 212 g/mol. The quantitative estimate of drug-likeness (QED) is 0.758. The standard InChI is InChI=1S/C12H24N2O/c1-10(11-5-7-15-9-11)14-6-3-4-12(8-14)13-2/h10-13H,3-9H2,1-2H3. The molecule has 3 unspecified atom stereocenters. The van der Waals surface area contributed by atoms with Gasteiger partial charge >= 0.3 is 0 Å². The summed E-state index contributed by atoms with van der Waals surface area (Å²) in [5.74, 6) is 0.764. The van der Waals surface area contributed by atoms with E-state index in [1.165, 1.54) is 32.4 Å². The predicted octanol–water partition coefficient (Wildman–Crippen LogP) is 1.10. The third kappa shape index (κ3) is 2.71. The van der Waals surface area contributed by atoms with Crippen molar-refractivity contribution >= 4 is 0 Å². The lowest BCUT2D eigenvalue weighted by atomic mass is 9.95. The molecule has 2 saturated heterocycles. The van der Waals surface area contributed by atoms with Crippen LogP contribution in [0.4, 0.5) is 0 Å². The van der Waals surface area contributed by atoms with E-state index < -0.39 is 0 Å². The van der Waals surface area contributed by atoms with Crippen LogP contribution in [0.15, 0.2) is 0 Å². The van der Waals surface area contributed by atoms with Crippen molar-refractivity contribution in [3.8, 4) is 0 Å². The van der Waals surface area contributed by atoms with Crippen LogP contribution in [0.5, 0.6) is 0 Å². The second-order valence-corrected chi connectivity index (χ2v) is 4.99. The van der Waals surface area contributed by atoms with Crippen LogP contribution in [0.25, 0.3) is 0 Å². The third-order valence-electron chi connectivity index (χ3n) is 4.08. The topological polar surface area (TPSA) is 24.5 Å². The van der Waals surface area contributed by atoms with Crippen molar-refractivity contribution in [2.24, 2.45) is 5.92 Å². The van der Waals surface area contributed by atoms with E-state index in [-0.39, 0.29) is 0 Å². The molecule has 0 spiro atoms. The van der Waals surface area contributed by atoms with Gasteiger partial charge in [-0.1, -0.05) is 0 Å². The molecule has 2 heterocycles. The molecule has 0 amide bonds. The second kappa shape index (κ2) is 5.28. The number of hydrogen-bond donors (Lipinski definition) is 1. The second-order valence-electron chi connectivity index (χ2n) is 4.99. The van der Waals surface area contributed by atoms with Crippen LogP contribution in [0.2, 0.25) is 0 Å². The number of rotatable bonds is 3. The predicted molar refractivity (Wildman–Crippen MR) is 62.0 cm³/mol. The lowest BCUT2D eigenvalue weighted by molar-refractivity contribution is 0.0979. The molecular formula is C12H24N2O. The Morgan fingerprint density at radius 1 is 1.40 bits per heavy atom. The van der Waals surface area contributed by atoms with Gasteiger partial charge in [0.05, 0.1) is 6.61 Å². The van der Waals surface area contributed by atoms with Gasteiger partial charge in [-0.25, -0.2) is 0 Å². The van der Waals surface area contributed by atoms with Gasteiger partial charge in [-0.3, -0.25) is 4.90 Å². The van der Waals surface area contributed by atoms with E-state index in [0.717, 1.165) is 19.1 Å². The summed E-state index contributed by atoms with van der Waals surface area (Å²) < 4.78 is 5.48. The molecule has 0 bridgehead atoms. The molecule has 2 aliphatic heterocycles. The number of likely N-dealkylation sites (tertiary alicyclic amines) is 1. The largest absolute Gasteiger partial charge is 0.381 e. The number of likely N-dealkylation sites (N-methyl/N-ethyl adjacent to an activating group) is 1. The van der Waals surface area contributed by atoms with Gasteiger partial charge in [0.25, 0.3) is 0 Å². The highest BCUT2D eigenvalue weighted by Gasteiger charge is 2.29. The maximum atomic E-state index is 5.48. The normalized spacial score (nSPS) is 35.6. The smallest absolute Gasteiger partial charge is 0.0509 e. The van der Waals surface area contributed by atoms with E-state index in [1.807, 2.05) is 0 Å². The summed E-state index contributed by atoms with van der Waals surface area (Å²) in [7, 11) is 2.08. The van der Waals surface area contributed by atoms with E-state index in [0.29, 0.717) is 12.1 Å². The van der Waals surface area contributed by atoms with Crippen molar-refractivity contribution < 1.29 is 4.74 Å². The monoisotopic (exact) mass is 212 g/mol. The first-order valence-electron chi connectivity index (χ1n) is 6.30. The van der Waals surface area contributed by atoms with E-state index in [4.69, 9.17) is 4.74 Å². The summed E-state index contributed by atoms with van der Waals surface area (Å²) in [6.45, 7) is 6.81. The van der Waals surface area contributed by atoms with Crippen LogP contribution in [0.3, 0.4) is 0 Å². The Labute approximate surface area is 93.2 Å². The molecule has 0 aromatic heterocycles. The Morgan fingerprint density at radius 2 is 2.27 bits per heavy atom.